The van der Waals surface area contributed by atoms with Crippen LogP contribution in [-0.4, -0.2) is 30.1 Å². The summed E-state index contributed by atoms with van der Waals surface area (Å²) in [5.41, 5.74) is 2.46. The number of aliphatic imine (C=N–C) groups is 1. The average molecular weight is 460 g/mol. The maximum atomic E-state index is 13.6. The predicted octanol–water partition coefficient (Wildman–Crippen LogP) is 5.03. The first-order valence-electron chi connectivity index (χ1n) is 9.73. The van der Waals surface area contributed by atoms with Crippen molar-refractivity contribution in [2.75, 3.05) is 17.7 Å². The van der Waals surface area contributed by atoms with Crippen LogP contribution in [0.15, 0.2) is 65.9 Å². The van der Waals surface area contributed by atoms with E-state index in [1.165, 1.54) is 13.2 Å². The molecule has 3 aromatic rings. The molecule has 33 heavy (non-hydrogen) atoms. The van der Waals surface area contributed by atoms with E-state index in [9.17, 15) is 17.6 Å². The van der Waals surface area contributed by atoms with Crippen molar-refractivity contribution in [2.24, 2.45) is 4.99 Å². The number of halogens is 4. The maximum absolute atomic E-state index is 13.6. The van der Waals surface area contributed by atoms with Gasteiger partial charge in [-0.15, -0.1) is 0 Å². The fourth-order valence-electron chi connectivity index (χ4n) is 3.43. The van der Waals surface area contributed by atoms with Crippen LogP contribution in [0.1, 0.15) is 17.3 Å². The number of methoxy groups -OCH3 is 1. The van der Waals surface area contributed by atoms with Crippen LogP contribution in [0, 0.1) is 0 Å². The number of rotatable bonds is 3. The van der Waals surface area contributed by atoms with E-state index in [1.807, 2.05) is 12.1 Å². The highest BCUT2D eigenvalue weighted by atomic mass is 19.3. The number of hydrogen-bond acceptors (Lipinski definition) is 7. The molecule has 2 aliphatic heterocycles. The third-order valence-corrected chi connectivity index (χ3v) is 5.05. The molecule has 1 aromatic heterocycles. The van der Waals surface area contributed by atoms with Crippen molar-refractivity contribution >= 4 is 17.2 Å². The summed E-state index contributed by atoms with van der Waals surface area (Å²) in [5.74, 6) is -0.0571. The molecule has 2 N–H and O–H groups in total. The van der Waals surface area contributed by atoms with E-state index in [0.29, 0.717) is 17.1 Å². The number of pyridine rings is 1. The van der Waals surface area contributed by atoms with E-state index in [0.717, 1.165) is 23.4 Å². The van der Waals surface area contributed by atoms with E-state index in [1.54, 1.807) is 30.6 Å². The highest BCUT2D eigenvalue weighted by Crippen LogP contribution is 2.47. The number of aromatic nitrogens is 1. The molecular formula is C22H16F4N4O3. The molecule has 0 radical (unpaired) electrons. The van der Waals surface area contributed by atoms with Gasteiger partial charge in [0.25, 0.3) is 0 Å². The Morgan fingerprint density at radius 1 is 1.00 bits per heavy atom. The molecule has 3 heterocycles. The first-order chi connectivity index (χ1) is 15.8. The number of nitrogens with zero attached hydrogens (tertiary/aromatic N) is 2. The highest BCUT2D eigenvalue weighted by Gasteiger charge is 2.65. The molecule has 0 saturated carbocycles. The number of ether oxygens (including phenoxy) is 3. The number of amidine groups is 1. The molecule has 0 saturated heterocycles. The van der Waals surface area contributed by atoms with Crippen LogP contribution < -0.4 is 24.8 Å². The molecule has 1 unspecified atom stereocenters. The highest BCUT2D eigenvalue weighted by molar-refractivity contribution is 6.13. The lowest BCUT2D eigenvalue weighted by Gasteiger charge is -2.32. The summed E-state index contributed by atoms with van der Waals surface area (Å²) in [6.07, 6.45) is -6.76. The van der Waals surface area contributed by atoms with Gasteiger partial charge in [0, 0.05) is 41.0 Å². The number of nitrogens with one attached hydrogen (secondary N) is 2. The number of fused-ring (bicyclic) bond motifs is 2. The van der Waals surface area contributed by atoms with Gasteiger partial charge in [0.2, 0.25) is 0 Å². The maximum Gasteiger partial charge on any atom is 0.507 e. The molecule has 170 valence electrons. The van der Waals surface area contributed by atoms with Gasteiger partial charge >= 0.3 is 12.2 Å². The normalized spacial score (nSPS) is 19.5. The summed E-state index contributed by atoms with van der Waals surface area (Å²) >= 11 is 0. The van der Waals surface area contributed by atoms with Gasteiger partial charge in [-0.3, -0.25) is 4.98 Å². The summed E-state index contributed by atoms with van der Waals surface area (Å²) in [6.45, 7) is 0. The van der Waals surface area contributed by atoms with E-state index in [-0.39, 0.29) is 5.69 Å². The van der Waals surface area contributed by atoms with Crippen molar-refractivity contribution in [1.82, 2.24) is 4.98 Å². The molecule has 2 aromatic carbocycles. The van der Waals surface area contributed by atoms with Crippen LogP contribution >= 0.6 is 0 Å². The van der Waals surface area contributed by atoms with Gasteiger partial charge in [-0.2, -0.15) is 17.6 Å². The largest absolute Gasteiger partial charge is 0.507 e. The van der Waals surface area contributed by atoms with Gasteiger partial charge < -0.3 is 24.8 Å². The van der Waals surface area contributed by atoms with Crippen LogP contribution in [0.25, 0.3) is 0 Å². The van der Waals surface area contributed by atoms with E-state index >= 15 is 0 Å². The molecule has 0 spiro atoms. The molecule has 7 nitrogen and oxygen atoms in total. The molecule has 0 bridgehead atoms. The van der Waals surface area contributed by atoms with Crippen LogP contribution in [0.4, 0.5) is 28.9 Å². The molecule has 0 amide bonds. The Morgan fingerprint density at radius 2 is 1.79 bits per heavy atom. The number of anilines is 2. The predicted molar refractivity (Wildman–Crippen MR) is 111 cm³/mol. The van der Waals surface area contributed by atoms with Gasteiger partial charge in [-0.05, 0) is 36.4 Å². The standard InChI is InChI=1S/C22H16F4N4O3/c1-31-14-5-6-16-15(10-14)20(30-19(29-16)12-3-2-8-27-11-12)28-13-4-7-17-18(9-13)33-22(25,26)21(23,24)32-17/h2-11,19,29H,1H3,(H,28,30). The van der Waals surface area contributed by atoms with Crippen molar-refractivity contribution in [1.29, 1.82) is 0 Å². The number of benzene rings is 2. The Balaban J connectivity index is 1.52. The lowest BCUT2D eigenvalue weighted by molar-refractivity contribution is -0.391. The minimum absolute atomic E-state index is 0.276. The van der Waals surface area contributed by atoms with Crippen LogP contribution in [0.2, 0.25) is 0 Å². The first kappa shape index (κ1) is 20.9. The summed E-state index contributed by atoms with van der Waals surface area (Å²) in [4.78, 5) is 8.80. The Bertz CT molecular complexity index is 1240. The van der Waals surface area contributed by atoms with Crippen LogP contribution in [-0.2, 0) is 0 Å². The van der Waals surface area contributed by atoms with Crippen molar-refractivity contribution in [3.05, 3.63) is 72.1 Å². The molecule has 0 aliphatic carbocycles. The van der Waals surface area contributed by atoms with E-state index in [4.69, 9.17) is 4.74 Å². The SMILES string of the molecule is COc1ccc2c(c1)C(Nc1ccc3c(c1)OC(F)(F)C(F)(F)O3)=NC(c1cccnc1)N2. The van der Waals surface area contributed by atoms with E-state index < -0.39 is 29.9 Å². The Hall–Kier alpha value is -4.02. The monoisotopic (exact) mass is 460 g/mol. The van der Waals surface area contributed by atoms with Crippen LogP contribution in [0.5, 0.6) is 17.2 Å². The lowest BCUT2D eigenvalue weighted by atomic mass is 10.1. The van der Waals surface area contributed by atoms with E-state index in [2.05, 4.69) is 30.1 Å². The van der Waals surface area contributed by atoms with Gasteiger partial charge in [-0.1, -0.05) is 6.07 Å². The van der Waals surface area contributed by atoms with Gasteiger partial charge in [0.05, 0.1) is 7.11 Å². The Morgan fingerprint density at radius 3 is 2.52 bits per heavy atom. The second kappa shape index (κ2) is 7.54. The van der Waals surface area contributed by atoms with Crippen molar-refractivity contribution < 1.29 is 31.8 Å². The Labute approximate surface area is 185 Å². The van der Waals surface area contributed by atoms with Gasteiger partial charge in [0.1, 0.15) is 17.8 Å². The zero-order chi connectivity index (χ0) is 23.2. The molecule has 2 aliphatic rings. The second-order valence-corrected chi connectivity index (χ2v) is 7.25. The average Bonchev–Trinajstić information content (AvgIpc) is 2.80. The zero-order valence-electron chi connectivity index (χ0n) is 17.0. The summed E-state index contributed by atoms with van der Waals surface area (Å²) < 4.78 is 67.7. The molecular weight excluding hydrogens is 444 g/mol. The smallest absolute Gasteiger partial charge is 0.497 e. The quantitative estimate of drug-likeness (QED) is 0.534. The van der Waals surface area contributed by atoms with Crippen LogP contribution in [0.3, 0.4) is 0 Å². The number of hydrogen-bond donors (Lipinski definition) is 2. The zero-order valence-corrected chi connectivity index (χ0v) is 17.0. The topological polar surface area (TPSA) is 77.0 Å². The second-order valence-electron chi connectivity index (χ2n) is 7.25. The van der Waals surface area contributed by atoms with Crippen molar-refractivity contribution in [3.8, 4) is 17.2 Å². The summed E-state index contributed by atoms with van der Waals surface area (Å²) in [6, 6.07) is 12.6. The molecule has 5 rings (SSSR count). The minimum Gasteiger partial charge on any atom is -0.497 e. The molecule has 0 fully saturated rings. The summed E-state index contributed by atoms with van der Waals surface area (Å²) in [7, 11) is 1.53. The minimum atomic E-state index is -4.81. The lowest BCUT2D eigenvalue weighted by Crippen LogP contribution is -2.52. The number of alkyl halides is 4. The Kier molecular flexibility index (Phi) is 4.76. The fraction of sp³-hybridized carbons (Fsp3) is 0.182. The van der Waals surface area contributed by atoms with Crippen molar-refractivity contribution in [3.63, 3.8) is 0 Å². The molecule has 11 heteroatoms. The van der Waals surface area contributed by atoms with Gasteiger partial charge in [0.15, 0.2) is 11.5 Å². The summed E-state index contributed by atoms with van der Waals surface area (Å²) in [5, 5.41) is 6.35. The van der Waals surface area contributed by atoms with Gasteiger partial charge in [-0.25, -0.2) is 4.99 Å². The third kappa shape index (κ3) is 3.75. The fourth-order valence-corrected chi connectivity index (χ4v) is 3.43. The van der Waals surface area contributed by atoms with Crippen molar-refractivity contribution in [2.45, 2.75) is 18.4 Å². The third-order valence-electron chi connectivity index (χ3n) is 5.05. The first-order valence-corrected chi connectivity index (χ1v) is 9.73. The molecule has 1 atom stereocenters.